The van der Waals surface area contributed by atoms with Crippen molar-refractivity contribution in [2.24, 2.45) is 0 Å². The van der Waals surface area contributed by atoms with E-state index in [0.29, 0.717) is 26.3 Å². The number of nitrogens with one attached hydrogen (secondary N) is 1. The average Bonchev–Trinajstić information content (AvgIpc) is 3.04. The van der Waals surface area contributed by atoms with Gasteiger partial charge in [0.2, 0.25) is 0 Å². The highest BCUT2D eigenvalue weighted by Crippen LogP contribution is 2.12. The van der Waals surface area contributed by atoms with Crippen molar-refractivity contribution in [3.63, 3.8) is 0 Å². The summed E-state index contributed by atoms with van der Waals surface area (Å²) in [6.45, 7) is 5.81. The molecule has 0 saturated carbocycles. The zero-order chi connectivity index (χ0) is 15.1. The highest BCUT2D eigenvalue weighted by Gasteiger charge is 2.06. The van der Waals surface area contributed by atoms with Gasteiger partial charge in [-0.3, -0.25) is 0 Å². The Balaban J connectivity index is 1.53. The summed E-state index contributed by atoms with van der Waals surface area (Å²) in [5.74, 6) is 0.786. The van der Waals surface area contributed by atoms with Gasteiger partial charge in [-0.15, -0.1) is 11.3 Å². The van der Waals surface area contributed by atoms with Crippen LogP contribution in [0.2, 0.25) is 0 Å². The molecule has 0 aromatic carbocycles. The molecule has 0 bridgehead atoms. The lowest BCUT2D eigenvalue weighted by Gasteiger charge is -2.11. The summed E-state index contributed by atoms with van der Waals surface area (Å²) in [4.78, 5) is 5.43. The molecular weight excluding hydrogens is 290 g/mol. The molecule has 2 aromatic heterocycles. The van der Waals surface area contributed by atoms with Crippen LogP contribution < -0.4 is 5.32 Å². The standard InChI is InChI=1S/C14H21N3O3S/c1-10-5-12(17-20-10)6-15-7-13(18)8-19-4-3-14-11(2)16-9-21-14/h5,9,13,15,18H,3-4,6-8H2,1-2H3. The fraction of sp³-hybridized carbons (Fsp3) is 0.571. The van der Waals surface area contributed by atoms with Crippen molar-refractivity contribution < 1.29 is 14.4 Å². The van der Waals surface area contributed by atoms with Gasteiger partial charge in [-0.25, -0.2) is 4.98 Å². The van der Waals surface area contributed by atoms with Crippen molar-refractivity contribution in [2.75, 3.05) is 19.8 Å². The van der Waals surface area contributed by atoms with Crippen molar-refractivity contribution >= 4 is 11.3 Å². The Labute approximate surface area is 128 Å². The van der Waals surface area contributed by atoms with E-state index in [1.54, 1.807) is 11.3 Å². The summed E-state index contributed by atoms with van der Waals surface area (Å²) >= 11 is 1.64. The van der Waals surface area contributed by atoms with Crippen LogP contribution in [0.15, 0.2) is 16.1 Å². The Morgan fingerprint density at radius 1 is 1.48 bits per heavy atom. The predicted octanol–water partition coefficient (Wildman–Crippen LogP) is 1.46. The van der Waals surface area contributed by atoms with Crippen molar-refractivity contribution in [1.82, 2.24) is 15.5 Å². The number of ether oxygens (including phenoxy) is 1. The van der Waals surface area contributed by atoms with E-state index in [2.05, 4.69) is 15.5 Å². The van der Waals surface area contributed by atoms with Gasteiger partial charge in [0, 0.05) is 30.5 Å². The molecule has 1 atom stereocenters. The van der Waals surface area contributed by atoms with Gasteiger partial charge in [-0.2, -0.15) is 0 Å². The lowest BCUT2D eigenvalue weighted by Crippen LogP contribution is -2.30. The third kappa shape index (κ3) is 5.55. The Hall–Kier alpha value is -1.28. The summed E-state index contributed by atoms with van der Waals surface area (Å²) in [5.41, 5.74) is 3.74. The first-order valence-electron chi connectivity index (χ1n) is 6.93. The second kappa shape index (κ2) is 8.23. The van der Waals surface area contributed by atoms with Gasteiger partial charge >= 0.3 is 0 Å². The second-order valence-corrected chi connectivity index (χ2v) is 5.84. The van der Waals surface area contributed by atoms with Crippen LogP contribution in [-0.2, 0) is 17.7 Å². The lowest BCUT2D eigenvalue weighted by atomic mass is 10.3. The summed E-state index contributed by atoms with van der Waals surface area (Å²) in [6.07, 6.45) is 0.315. The molecule has 0 fully saturated rings. The van der Waals surface area contributed by atoms with Crippen LogP contribution in [0.4, 0.5) is 0 Å². The molecule has 0 aliphatic rings. The molecule has 0 spiro atoms. The normalized spacial score (nSPS) is 12.7. The SMILES string of the molecule is Cc1cc(CNCC(O)COCCc2scnc2C)no1. The van der Waals surface area contributed by atoms with Gasteiger partial charge in [0.05, 0.1) is 36.2 Å². The van der Waals surface area contributed by atoms with Gasteiger partial charge in [-0.1, -0.05) is 5.16 Å². The Kier molecular flexibility index (Phi) is 6.31. The summed E-state index contributed by atoms with van der Waals surface area (Å²) < 4.78 is 10.5. The molecule has 0 aliphatic heterocycles. The van der Waals surface area contributed by atoms with Gasteiger partial charge in [-0.05, 0) is 13.8 Å². The first kappa shape index (κ1) is 16.1. The molecule has 21 heavy (non-hydrogen) atoms. The Morgan fingerprint density at radius 3 is 3.00 bits per heavy atom. The second-order valence-electron chi connectivity index (χ2n) is 4.90. The molecule has 7 heteroatoms. The number of hydrogen-bond donors (Lipinski definition) is 2. The summed E-state index contributed by atoms with van der Waals surface area (Å²) in [6, 6.07) is 1.87. The predicted molar refractivity (Wildman–Crippen MR) is 80.3 cm³/mol. The molecule has 2 N–H and O–H groups in total. The minimum atomic E-state index is -0.527. The average molecular weight is 311 g/mol. The monoisotopic (exact) mass is 311 g/mol. The van der Waals surface area contributed by atoms with Crippen LogP contribution in [0.5, 0.6) is 0 Å². The van der Waals surface area contributed by atoms with Gasteiger partial charge in [0.25, 0.3) is 0 Å². The van der Waals surface area contributed by atoms with Crippen molar-refractivity contribution in [2.45, 2.75) is 32.9 Å². The van der Waals surface area contributed by atoms with Gasteiger partial charge < -0.3 is 19.7 Å². The van der Waals surface area contributed by atoms with Crippen molar-refractivity contribution in [3.05, 3.63) is 33.6 Å². The highest BCUT2D eigenvalue weighted by molar-refractivity contribution is 7.09. The van der Waals surface area contributed by atoms with Crippen molar-refractivity contribution in [3.8, 4) is 0 Å². The smallest absolute Gasteiger partial charge is 0.133 e. The molecule has 0 radical (unpaired) electrons. The number of rotatable bonds is 9. The largest absolute Gasteiger partial charge is 0.389 e. The van der Waals surface area contributed by atoms with Gasteiger partial charge in [0.15, 0.2) is 0 Å². The quantitative estimate of drug-likeness (QED) is 0.682. The maximum Gasteiger partial charge on any atom is 0.133 e. The first-order chi connectivity index (χ1) is 10.1. The van der Waals surface area contributed by atoms with E-state index >= 15 is 0 Å². The van der Waals surface area contributed by atoms with Crippen LogP contribution in [-0.4, -0.2) is 41.1 Å². The number of hydrogen-bond acceptors (Lipinski definition) is 7. The molecular formula is C14H21N3O3S. The van der Waals surface area contributed by atoms with Crippen LogP contribution in [0, 0.1) is 13.8 Å². The molecule has 0 saturated heterocycles. The third-order valence-corrected chi connectivity index (χ3v) is 3.99. The number of nitrogens with zero attached hydrogens (tertiary/aromatic N) is 2. The zero-order valence-corrected chi connectivity index (χ0v) is 13.2. The van der Waals surface area contributed by atoms with Crippen LogP contribution >= 0.6 is 11.3 Å². The van der Waals surface area contributed by atoms with E-state index < -0.39 is 6.10 Å². The van der Waals surface area contributed by atoms with Crippen LogP contribution in [0.1, 0.15) is 22.0 Å². The minimum absolute atomic E-state index is 0.322. The van der Waals surface area contributed by atoms with E-state index in [-0.39, 0.29) is 0 Å². The fourth-order valence-corrected chi connectivity index (χ4v) is 2.64. The summed E-state index contributed by atoms with van der Waals surface area (Å²) in [5, 5.41) is 16.8. The molecule has 0 aliphatic carbocycles. The molecule has 116 valence electrons. The van der Waals surface area contributed by atoms with Gasteiger partial charge in [0.1, 0.15) is 5.76 Å². The third-order valence-electron chi connectivity index (χ3n) is 2.99. The van der Waals surface area contributed by atoms with E-state index in [1.165, 1.54) is 4.88 Å². The maximum atomic E-state index is 9.80. The highest BCUT2D eigenvalue weighted by atomic mass is 32.1. The van der Waals surface area contributed by atoms with E-state index in [1.807, 2.05) is 25.4 Å². The first-order valence-corrected chi connectivity index (χ1v) is 7.81. The minimum Gasteiger partial charge on any atom is -0.389 e. The fourth-order valence-electron chi connectivity index (χ4n) is 1.88. The topological polar surface area (TPSA) is 80.4 Å². The van der Waals surface area contributed by atoms with E-state index in [9.17, 15) is 5.11 Å². The number of thiazole rings is 1. The van der Waals surface area contributed by atoms with E-state index in [0.717, 1.165) is 23.6 Å². The summed E-state index contributed by atoms with van der Waals surface area (Å²) in [7, 11) is 0. The number of aromatic nitrogens is 2. The Bertz CT molecular complexity index is 541. The number of aliphatic hydroxyl groups excluding tert-OH is 1. The van der Waals surface area contributed by atoms with Crippen LogP contribution in [0.25, 0.3) is 0 Å². The van der Waals surface area contributed by atoms with Crippen LogP contribution in [0.3, 0.4) is 0 Å². The number of aryl methyl sites for hydroxylation is 2. The molecule has 2 aromatic rings. The molecule has 2 rings (SSSR count). The molecule has 2 heterocycles. The lowest BCUT2D eigenvalue weighted by molar-refractivity contribution is 0.0383. The number of aliphatic hydroxyl groups is 1. The maximum absolute atomic E-state index is 9.80. The molecule has 6 nitrogen and oxygen atoms in total. The Morgan fingerprint density at radius 2 is 2.33 bits per heavy atom. The molecule has 0 amide bonds. The van der Waals surface area contributed by atoms with E-state index in [4.69, 9.17) is 9.26 Å². The van der Waals surface area contributed by atoms with Crippen molar-refractivity contribution in [1.29, 1.82) is 0 Å². The molecule has 1 unspecified atom stereocenters. The zero-order valence-electron chi connectivity index (χ0n) is 12.3.